The molecule has 1 aromatic carbocycles. The van der Waals surface area contributed by atoms with Crippen molar-refractivity contribution < 1.29 is 14.6 Å². The predicted octanol–water partition coefficient (Wildman–Crippen LogP) is 4.46. The van der Waals surface area contributed by atoms with Gasteiger partial charge in [0, 0.05) is 35.6 Å². The molecule has 0 amide bonds. The van der Waals surface area contributed by atoms with Crippen LogP contribution in [-0.4, -0.2) is 37.4 Å². The van der Waals surface area contributed by atoms with Crippen LogP contribution in [0.1, 0.15) is 41.1 Å². The Morgan fingerprint density at radius 1 is 1.35 bits per heavy atom. The van der Waals surface area contributed by atoms with Gasteiger partial charge >= 0.3 is 5.97 Å². The number of benzene rings is 1. The number of thiophene rings is 1. The minimum absolute atomic E-state index is 0.171. The monoisotopic (exact) mass is 371 g/mol. The van der Waals surface area contributed by atoms with Crippen molar-refractivity contribution in [2.75, 3.05) is 25.1 Å². The highest BCUT2D eigenvalue weighted by atomic mass is 32.1. The van der Waals surface area contributed by atoms with Crippen LogP contribution in [0.25, 0.3) is 10.4 Å². The molecule has 0 unspecified atom stereocenters. The summed E-state index contributed by atoms with van der Waals surface area (Å²) in [4.78, 5) is 16.5. The number of aryl methyl sites for hydroxylation is 1. The third-order valence-electron chi connectivity index (χ3n) is 5.64. The average molecular weight is 372 g/mol. The lowest BCUT2D eigenvalue weighted by Gasteiger charge is -2.40. The second kappa shape index (κ2) is 6.39. The van der Waals surface area contributed by atoms with E-state index in [0.29, 0.717) is 11.7 Å². The first kappa shape index (κ1) is 17.6. The molecule has 0 saturated carbocycles. The van der Waals surface area contributed by atoms with Crippen LogP contribution in [0, 0.1) is 5.41 Å². The molecule has 4 rings (SSSR count). The molecule has 1 fully saturated rings. The van der Waals surface area contributed by atoms with E-state index in [2.05, 4.69) is 30.9 Å². The molecule has 2 aromatic rings. The third kappa shape index (κ3) is 3.03. The topological polar surface area (TPSA) is 49.8 Å². The van der Waals surface area contributed by atoms with E-state index in [0.717, 1.165) is 54.0 Å². The number of carboxylic acids is 1. The van der Waals surface area contributed by atoms with E-state index in [1.807, 2.05) is 12.1 Å². The van der Waals surface area contributed by atoms with Crippen molar-refractivity contribution in [3.63, 3.8) is 0 Å². The van der Waals surface area contributed by atoms with Gasteiger partial charge in [-0.05, 0) is 47.9 Å². The van der Waals surface area contributed by atoms with Crippen LogP contribution >= 0.6 is 11.3 Å². The van der Waals surface area contributed by atoms with E-state index in [9.17, 15) is 9.90 Å². The number of nitrogens with zero attached hydrogens (tertiary/aromatic N) is 1. The number of fused-ring (bicyclic) bond motifs is 1. The summed E-state index contributed by atoms with van der Waals surface area (Å²) in [7, 11) is 1.75. The van der Waals surface area contributed by atoms with Gasteiger partial charge < -0.3 is 14.7 Å². The van der Waals surface area contributed by atoms with Gasteiger partial charge in [-0.3, -0.25) is 0 Å². The van der Waals surface area contributed by atoms with Crippen LogP contribution < -0.4 is 4.90 Å². The molecule has 4 nitrogen and oxygen atoms in total. The Morgan fingerprint density at radius 2 is 2.12 bits per heavy atom. The van der Waals surface area contributed by atoms with Gasteiger partial charge in [0.25, 0.3) is 0 Å². The molecule has 1 saturated heterocycles. The zero-order chi connectivity index (χ0) is 18.5. The predicted molar refractivity (Wildman–Crippen MR) is 106 cm³/mol. The van der Waals surface area contributed by atoms with Crippen LogP contribution in [0.15, 0.2) is 24.3 Å². The molecule has 0 atom stereocenters. The summed E-state index contributed by atoms with van der Waals surface area (Å²) in [6, 6.07) is 8.28. The fourth-order valence-corrected chi connectivity index (χ4v) is 5.30. The molecule has 1 aliphatic heterocycles. The summed E-state index contributed by atoms with van der Waals surface area (Å²) in [5.41, 5.74) is 3.90. The minimum atomic E-state index is -0.802. The maximum atomic E-state index is 12.1. The standard InChI is InChI=1S/C21H25NO3S/c1-21(2)8-7-17-16(10-21)18(20(23)24)19(26-17)13-5-4-6-14(9-13)22-11-15(12-22)25-3/h4-6,9,15H,7-8,10-12H2,1-3H3,(H,23,24). The van der Waals surface area contributed by atoms with Crippen LogP contribution in [0.4, 0.5) is 5.69 Å². The molecule has 0 radical (unpaired) electrons. The Balaban J connectivity index is 1.72. The van der Waals surface area contributed by atoms with Crippen molar-refractivity contribution in [1.29, 1.82) is 0 Å². The highest BCUT2D eigenvalue weighted by molar-refractivity contribution is 7.16. The molecular formula is C21H25NO3S. The molecule has 2 heterocycles. The first-order valence-corrected chi connectivity index (χ1v) is 9.95. The first-order valence-electron chi connectivity index (χ1n) is 9.14. The number of carboxylic acid groups (broad SMARTS) is 1. The quantitative estimate of drug-likeness (QED) is 0.862. The Bertz CT molecular complexity index is 849. The molecular weight excluding hydrogens is 346 g/mol. The Kier molecular flexibility index (Phi) is 4.32. The maximum absolute atomic E-state index is 12.1. The van der Waals surface area contributed by atoms with Gasteiger partial charge in [-0.25, -0.2) is 4.79 Å². The normalized spacial score (nSPS) is 19.1. The first-order chi connectivity index (χ1) is 12.4. The number of anilines is 1. The van der Waals surface area contributed by atoms with E-state index in [1.54, 1.807) is 18.4 Å². The van der Waals surface area contributed by atoms with Gasteiger partial charge in [0.2, 0.25) is 0 Å². The fraction of sp³-hybridized carbons (Fsp3) is 0.476. The maximum Gasteiger partial charge on any atom is 0.337 e. The Morgan fingerprint density at radius 3 is 2.81 bits per heavy atom. The Labute approximate surface area is 158 Å². The van der Waals surface area contributed by atoms with E-state index in [4.69, 9.17) is 4.74 Å². The summed E-state index contributed by atoms with van der Waals surface area (Å²) in [5.74, 6) is -0.802. The number of ether oxygens (including phenoxy) is 1. The second-order valence-electron chi connectivity index (χ2n) is 8.17. The van der Waals surface area contributed by atoms with Gasteiger partial charge in [-0.15, -0.1) is 11.3 Å². The highest BCUT2D eigenvalue weighted by Crippen LogP contribution is 2.45. The lowest BCUT2D eigenvalue weighted by Crippen LogP contribution is -2.51. The van der Waals surface area contributed by atoms with Crippen molar-refractivity contribution in [2.24, 2.45) is 5.41 Å². The number of rotatable bonds is 4. The second-order valence-corrected chi connectivity index (χ2v) is 9.27. The van der Waals surface area contributed by atoms with E-state index < -0.39 is 5.97 Å². The minimum Gasteiger partial charge on any atom is -0.478 e. The van der Waals surface area contributed by atoms with E-state index in [-0.39, 0.29) is 5.41 Å². The van der Waals surface area contributed by atoms with Crippen molar-refractivity contribution >= 4 is 23.0 Å². The van der Waals surface area contributed by atoms with Gasteiger partial charge in [-0.2, -0.15) is 0 Å². The largest absolute Gasteiger partial charge is 0.478 e. The van der Waals surface area contributed by atoms with Crippen LogP contribution in [0.2, 0.25) is 0 Å². The van der Waals surface area contributed by atoms with Gasteiger partial charge in [0.15, 0.2) is 0 Å². The summed E-state index contributed by atoms with van der Waals surface area (Å²) in [5, 5.41) is 9.92. The number of methoxy groups -OCH3 is 1. The molecule has 0 bridgehead atoms. The number of aromatic carboxylic acids is 1. The van der Waals surface area contributed by atoms with E-state index >= 15 is 0 Å². The zero-order valence-electron chi connectivity index (χ0n) is 15.5. The highest BCUT2D eigenvalue weighted by Gasteiger charge is 2.33. The van der Waals surface area contributed by atoms with E-state index in [1.165, 1.54) is 4.88 Å². The van der Waals surface area contributed by atoms with Crippen LogP contribution in [-0.2, 0) is 17.6 Å². The fourth-order valence-electron chi connectivity index (χ4n) is 3.99. The Hall–Kier alpha value is -1.85. The average Bonchev–Trinajstić information content (AvgIpc) is 2.91. The van der Waals surface area contributed by atoms with Crippen molar-refractivity contribution in [3.05, 3.63) is 40.3 Å². The number of carbonyl (C=O) groups is 1. The summed E-state index contributed by atoms with van der Waals surface area (Å²) >= 11 is 1.67. The summed E-state index contributed by atoms with van der Waals surface area (Å²) in [6.45, 7) is 6.24. The number of hydrogen-bond acceptors (Lipinski definition) is 4. The molecule has 1 N–H and O–H groups in total. The summed E-state index contributed by atoms with van der Waals surface area (Å²) < 4.78 is 5.36. The number of hydrogen-bond donors (Lipinski definition) is 1. The lowest BCUT2D eigenvalue weighted by atomic mass is 9.76. The van der Waals surface area contributed by atoms with Crippen LogP contribution in [0.3, 0.4) is 0 Å². The zero-order valence-corrected chi connectivity index (χ0v) is 16.4. The van der Waals surface area contributed by atoms with Crippen molar-refractivity contribution in [3.8, 4) is 10.4 Å². The molecule has 1 aromatic heterocycles. The lowest BCUT2D eigenvalue weighted by molar-refractivity contribution is 0.0696. The summed E-state index contributed by atoms with van der Waals surface area (Å²) in [6.07, 6.45) is 3.24. The molecule has 0 spiro atoms. The SMILES string of the molecule is COC1CN(c2cccc(-c3sc4c(c3C(=O)O)CC(C)(C)CC4)c2)C1. The van der Waals surface area contributed by atoms with Gasteiger partial charge in [0.05, 0.1) is 11.7 Å². The van der Waals surface area contributed by atoms with Crippen LogP contribution in [0.5, 0.6) is 0 Å². The molecule has 5 heteroatoms. The van der Waals surface area contributed by atoms with Gasteiger partial charge in [0.1, 0.15) is 0 Å². The molecule has 138 valence electrons. The van der Waals surface area contributed by atoms with Crippen molar-refractivity contribution in [2.45, 2.75) is 39.2 Å². The third-order valence-corrected chi connectivity index (χ3v) is 6.98. The smallest absolute Gasteiger partial charge is 0.337 e. The molecule has 2 aliphatic rings. The van der Waals surface area contributed by atoms with Crippen molar-refractivity contribution in [1.82, 2.24) is 0 Å². The molecule has 26 heavy (non-hydrogen) atoms. The van der Waals surface area contributed by atoms with Gasteiger partial charge in [-0.1, -0.05) is 26.0 Å². The molecule has 1 aliphatic carbocycles.